The minimum absolute atomic E-state index is 0.127. The molecule has 0 aliphatic heterocycles. The zero-order valence-corrected chi connectivity index (χ0v) is 10.0. The maximum absolute atomic E-state index is 11.5. The SMILES string of the molecule is COCCS(=O)CCn1cc(N)ccc1=O. The number of rotatable bonds is 6. The first kappa shape index (κ1) is 12.9. The third-order valence-corrected chi connectivity index (χ3v) is 3.34. The lowest BCUT2D eigenvalue weighted by molar-refractivity contribution is 0.218. The number of methoxy groups -OCH3 is 1. The normalized spacial score (nSPS) is 12.6. The summed E-state index contributed by atoms with van der Waals surface area (Å²) in [5, 5.41) is 0. The van der Waals surface area contributed by atoms with Crippen molar-refractivity contribution >= 4 is 16.5 Å². The first-order valence-electron chi connectivity index (χ1n) is 4.93. The summed E-state index contributed by atoms with van der Waals surface area (Å²) in [6, 6.07) is 2.97. The molecule has 0 aliphatic rings. The van der Waals surface area contributed by atoms with E-state index in [4.69, 9.17) is 10.5 Å². The molecule has 0 amide bonds. The average Bonchev–Trinajstić information content (AvgIpc) is 2.27. The Hall–Kier alpha value is -1.14. The van der Waals surface area contributed by atoms with Gasteiger partial charge in [0.2, 0.25) is 0 Å². The van der Waals surface area contributed by atoms with Crippen molar-refractivity contribution in [1.29, 1.82) is 0 Å². The molecule has 90 valence electrons. The van der Waals surface area contributed by atoms with Gasteiger partial charge in [0, 0.05) is 53.9 Å². The van der Waals surface area contributed by atoms with Crippen LogP contribution < -0.4 is 11.3 Å². The summed E-state index contributed by atoms with van der Waals surface area (Å²) in [4.78, 5) is 11.4. The highest BCUT2D eigenvalue weighted by Crippen LogP contribution is 1.96. The molecule has 0 fully saturated rings. The Morgan fingerprint density at radius 1 is 1.44 bits per heavy atom. The van der Waals surface area contributed by atoms with Crippen LogP contribution in [0, 0.1) is 0 Å². The fourth-order valence-corrected chi connectivity index (χ4v) is 2.16. The number of anilines is 1. The molecule has 2 N–H and O–H groups in total. The maximum atomic E-state index is 11.5. The number of nitrogens with zero attached hydrogens (tertiary/aromatic N) is 1. The summed E-state index contributed by atoms with van der Waals surface area (Å²) >= 11 is 0. The van der Waals surface area contributed by atoms with E-state index >= 15 is 0 Å². The second-order valence-corrected chi connectivity index (χ2v) is 5.03. The van der Waals surface area contributed by atoms with Crippen LogP contribution in [0.1, 0.15) is 0 Å². The molecule has 0 radical (unpaired) electrons. The first-order valence-corrected chi connectivity index (χ1v) is 6.42. The molecule has 16 heavy (non-hydrogen) atoms. The fraction of sp³-hybridized carbons (Fsp3) is 0.500. The highest BCUT2D eigenvalue weighted by Gasteiger charge is 2.01. The number of hydrogen-bond acceptors (Lipinski definition) is 4. The van der Waals surface area contributed by atoms with E-state index in [0.29, 0.717) is 30.3 Å². The van der Waals surface area contributed by atoms with E-state index in [1.165, 1.54) is 10.6 Å². The monoisotopic (exact) mass is 244 g/mol. The van der Waals surface area contributed by atoms with E-state index in [1.54, 1.807) is 19.4 Å². The van der Waals surface area contributed by atoms with Gasteiger partial charge in [-0.1, -0.05) is 0 Å². The van der Waals surface area contributed by atoms with Crippen LogP contribution in [-0.2, 0) is 22.1 Å². The molecule has 5 nitrogen and oxygen atoms in total. The van der Waals surface area contributed by atoms with Crippen molar-refractivity contribution in [2.75, 3.05) is 31.0 Å². The molecule has 1 unspecified atom stereocenters. The predicted octanol–water partition coefficient (Wildman–Crippen LogP) is -0.174. The van der Waals surface area contributed by atoms with Crippen molar-refractivity contribution < 1.29 is 8.95 Å². The standard InChI is InChI=1S/C10H16N2O3S/c1-15-5-7-16(14)6-4-12-8-9(11)2-3-10(12)13/h2-3,8H,4-7,11H2,1H3. The van der Waals surface area contributed by atoms with Crippen molar-refractivity contribution in [3.05, 3.63) is 28.7 Å². The van der Waals surface area contributed by atoms with Gasteiger partial charge in [0.1, 0.15) is 0 Å². The fourth-order valence-electron chi connectivity index (χ4n) is 1.20. The van der Waals surface area contributed by atoms with Crippen molar-refractivity contribution in [1.82, 2.24) is 4.57 Å². The van der Waals surface area contributed by atoms with Crippen LogP contribution in [0.5, 0.6) is 0 Å². The summed E-state index contributed by atoms with van der Waals surface area (Å²) in [6.45, 7) is 0.888. The third kappa shape index (κ3) is 4.16. The molecule has 1 aromatic rings. The molecular formula is C10H16N2O3S. The number of nitrogens with two attached hydrogens (primary N) is 1. The Morgan fingerprint density at radius 3 is 2.88 bits per heavy atom. The lowest BCUT2D eigenvalue weighted by atomic mass is 10.4. The molecule has 0 bridgehead atoms. The molecule has 6 heteroatoms. The number of ether oxygens (including phenoxy) is 1. The van der Waals surface area contributed by atoms with E-state index < -0.39 is 10.8 Å². The highest BCUT2D eigenvalue weighted by atomic mass is 32.2. The molecule has 1 atom stereocenters. The number of aryl methyl sites for hydroxylation is 1. The van der Waals surface area contributed by atoms with Crippen LogP contribution >= 0.6 is 0 Å². The van der Waals surface area contributed by atoms with E-state index in [-0.39, 0.29) is 5.56 Å². The van der Waals surface area contributed by atoms with Gasteiger partial charge in [-0.3, -0.25) is 9.00 Å². The van der Waals surface area contributed by atoms with Crippen LogP contribution in [-0.4, -0.2) is 34.0 Å². The number of nitrogen functional groups attached to an aromatic ring is 1. The van der Waals surface area contributed by atoms with Gasteiger partial charge < -0.3 is 15.0 Å². The van der Waals surface area contributed by atoms with Crippen molar-refractivity contribution in [2.24, 2.45) is 0 Å². The lowest BCUT2D eigenvalue weighted by Crippen LogP contribution is -2.22. The average molecular weight is 244 g/mol. The van der Waals surface area contributed by atoms with Gasteiger partial charge >= 0.3 is 0 Å². The van der Waals surface area contributed by atoms with Crippen LogP contribution in [0.25, 0.3) is 0 Å². The summed E-state index contributed by atoms with van der Waals surface area (Å²) in [5.74, 6) is 0.931. The molecule has 1 heterocycles. The van der Waals surface area contributed by atoms with E-state index in [9.17, 15) is 9.00 Å². The predicted molar refractivity (Wildman–Crippen MR) is 64.9 cm³/mol. The zero-order valence-electron chi connectivity index (χ0n) is 9.22. The van der Waals surface area contributed by atoms with Crippen molar-refractivity contribution in [3.8, 4) is 0 Å². The molecular weight excluding hydrogens is 228 g/mol. The summed E-state index contributed by atoms with van der Waals surface area (Å²) in [7, 11) is 0.608. The molecule has 0 saturated heterocycles. The Bertz CT molecular complexity index is 417. The lowest BCUT2D eigenvalue weighted by Gasteiger charge is -2.06. The molecule has 1 aromatic heterocycles. The molecule has 0 spiro atoms. The second-order valence-electron chi connectivity index (χ2n) is 3.33. The number of aromatic nitrogens is 1. The number of hydrogen-bond donors (Lipinski definition) is 1. The van der Waals surface area contributed by atoms with Crippen LogP contribution in [0.15, 0.2) is 23.1 Å². The largest absolute Gasteiger partial charge is 0.398 e. The second kappa shape index (κ2) is 6.44. The van der Waals surface area contributed by atoms with Crippen molar-refractivity contribution in [2.45, 2.75) is 6.54 Å². The third-order valence-electron chi connectivity index (χ3n) is 2.08. The van der Waals surface area contributed by atoms with Crippen LogP contribution in [0.2, 0.25) is 0 Å². The van der Waals surface area contributed by atoms with E-state index in [0.717, 1.165) is 0 Å². The van der Waals surface area contributed by atoms with Gasteiger partial charge in [-0.15, -0.1) is 0 Å². The van der Waals surface area contributed by atoms with Gasteiger partial charge in [0.05, 0.1) is 6.61 Å². The molecule has 0 aromatic carbocycles. The maximum Gasteiger partial charge on any atom is 0.250 e. The highest BCUT2D eigenvalue weighted by molar-refractivity contribution is 7.84. The first-order chi connectivity index (χ1) is 7.63. The Balaban J connectivity index is 2.51. The molecule has 1 rings (SSSR count). The van der Waals surface area contributed by atoms with Gasteiger partial charge in [-0.05, 0) is 6.07 Å². The van der Waals surface area contributed by atoms with Crippen LogP contribution in [0.4, 0.5) is 5.69 Å². The smallest absolute Gasteiger partial charge is 0.250 e. The van der Waals surface area contributed by atoms with Gasteiger partial charge in [0.15, 0.2) is 0 Å². The molecule has 0 saturated carbocycles. The Morgan fingerprint density at radius 2 is 2.19 bits per heavy atom. The van der Waals surface area contributed by atoms with E-state index in [2.05, 4.69) is 0 Å². The Labute approximate surface area is 96.7 Å². The quantitative estimate of drug-likeness (QED) is 0.753. The van der Waals surface area contributed by atoms with Gasteiger partial charge in [0.25, 0.3) is 5.56 Å². The van der Waals surface area contributed by atoms with Crippen LogP contribution in [0.3, 0.4) is 0 Å². The summed E-state index contributed by atoms with van der Waals surface area (Å²) in [5.41, 5.74) is 5.96. The minimum atomic E-state index is -0.961. The van der Waals surface area contributed by atoms with Gasteiger partial charge in [-0.2, -0.15) is 0 Å². The molecule has 0 aliphatic carbocycles. The van der Waals surface area contributed by atoms with Crippen molar-refractivity contribution in [3.63, 3.8) is 0 Å². The topological polar surface area (TPSA) is 74.3 Å². The number of pyridine rings is 1. The minimum Gasteiger partial charge on any atom is -0.398 e. The summed E-state index contributed by atoms with van der Waals surface area (Å²) in [6.07, 6.45) is 1.57. The zero-order chi connectivity index (χ0) is 12.0. The van der Waals surface area contributed by atoms with E-state index in [1.807, 2.05) is 0 Å². The summed E-state index contributed by atoms with van der Waals surface area (Å²) < 4.78 is 17.8. The Kier molecular flexibility index (Phi) is 5.21. The van der Waals surface area contributed by atoms with Gasteiger partial charge in [-0.25, -0.2) is 0 Å².